The van der Waals surface area contributed by atoms with Gasteiger partial charge in [0.25, 0.3) is 5.56 Å². The maximum atomic E-state index is 12.4. The molecule has 0 spiro atoms. The van der Waals surface area contributed by atoms with Crippen molar-refractivity contribution in [3.63, 3.8) is 0 Å². The van der Waals surface area contributed by atoms with Crippen molar-refractivity contribution in [2.75, 3.05) is 0 Å². The second-order valence-electron chi connectivity index (χ2n) is 4.67. The summed E-state index contributed by atoms with van der Waals surface area (Å²) in [6.07, 6.45) is 2.01. The van der Waals surface area contributed by atoms with E-state index in [1.807, 2.05) is 0 Å². The molecule has 1 fully saturated rings. The van der Waals surface area contributed by atoms with E-state index in [0.717, 1.165) is 12.8 Å². The number of hydrogen-bond acceptors (Lipinski definition) is 3. The largest absolute Gasteiger partial charge is 0.434 e. The zero-order valence-corrected chi connectivity index (χ0v) is 10.5. The highest BCUT2D eigenvalue weighted by Gasteiger charge is 2.26. The van der Waals surface area contributed by atoms with Gasteiger partial charge in [0.1, 0.15) is 11.6 Å². The zero-order chi connectivity index (χ0) is 14.1. The van der Waals surface area contributed by atoms with Crippen LogP contribution in [0.5, 0.6) is 5.75 Å². The number of nitrogens with zero attached hydrogens (tertiary/aromatic N) is 1. The fourth-order valence-electron chi connectivity index (χ4n) is 2.05. The van der Waals surface area contributed by atoms with Gasteiger partial charge in [0.15, 0.2) is 0 Å². The molecular weight excluding hydrogens is 266 g/mol. The highest BCUT2D eigenvalue weighted by molar-refractivity contribution is 5.64. The molecule has 104 valence electrons. The van der Waals surface area contributed by atoms with Crippen LogP contribution in [0.2, 0.25) is 0 Å². The summed E-state index contributed by atoms with van der Waals surface area (Å²) < 4.78 is 29.3. The van der Waals surface area contributed by atoms with Gasteiger partial charge >= 0.3 is 6.61 Å². The molecule has 0 radical (unpaired) electrons. The zero-order valence-electron chi connectivity index (χ0n) is 10.5. The van der Waals surface area contributed by atoms with Gasteiger partial charge in [0.05, 0.1) is 11.3 Å². The van der Waals surface area contributed by atoms with Crippen molar-refractivity contribution < 1.29 is 13.5 Å². The number of nitrogens with one attached hydrogen (secondary N) is 1. The maximum Gasteiger partial charge on any atom is 0.387 e. The third-order valence-electron chi connectivity index (χ3n) is 3.12. The number of halogens is 2. The number of aromatic amines is 1. The first-order valence-corrected chi connectivity index (χ1v) is 6.29. The van der Waals surface area contributed by atoms with Gasteiger partial charge in [-0.15, -0.1) is 0 Å². The van der Waals surface area contributed by atoms with Crippen LogP contribution in [0.3, 0.4) is 0 Å². The van der Waals surface area contributed by atoms with Crippen LogP contribution in [-0.4, -0.2) is 16.6 Å². The predicted octanol–water partition coefficient (Wildman–Crippen LogP) is 2.92. The average molecular weight is 278 g/mol. The number of aromatic nitrogens is 2. The van der Waals surface area contributed by atoms with Crippen LogP contribution in [0.4, 0.5) is 8.78 Å². The van der Waals surface area contributed by atoms with E-state index in [1.54, 1.807) is 18.2 Å². The molecular formula is C14H12F2N2O2. The van der Waals surface area contributed by atoms with Gasteiger partial charge in [-0.1, -0.05) is 12.1 Å². The van der Waals surface area contributed by atoms with Crippen molar-refractivity contribution in [2.24, 2.45) is 0 Å². The second kappa shape index (κ2) is 5.03. The van der Waals surface area contributed by atoms with Crippen LogP contribution in [0.1, 0.15) is 24.5 Å². The lowest BCUT2D eigenvalue weighted by atomic mass is 10.1. The van der Waals surface area contributed by atoms with Crippen LogP contribution in [0.25, 0.3) is 11.4 Å². The standard InChI is InChI=1S/C14H12F2N2O2/c15-14(16)20-11-4-2-1-3-9(11)13-17-10(8-5-6-8)7-12(19)18-13/h1-4,7-8,14H,5-6H2,(H,17,18,19). The van der Waals surface area contributed by atoms with E-state index in [4.69, 9.17) is 0 Å². The summed E-state index contributed by atoms with van der Waals surface area (Å²) in [6.45, 7) is -2.92. The van der Waals surface area contributed by atoms with Crippen LogP contribution < -0.4 is 10.3 Å². The maximum absolute atomic E-state index is 12.4. The van der Waals surface area contributed by atoms with Crippen molar-refractivity contribution >= 4 is 0 Å². The molecule has 0 unspecified atom stereocenters. The molecule has 0 aliphatic heterocycles. The first-order chi connectivity index (χ1) is 9.63. The van der Waals surface area contributed by atoms with Gasteiger partial charge in [-0.05, 0) is 25.0 Å². The quantitative estimate of drug-likeness (QED) is 0.935. The lowest BCUT2D eigenvalue weighted by Crippen LogP contribution is -2.11. The Morgan fingerprint density at radius 1 is 1.30 bits per heavy atom. The summed E-state index contributed by atoms with van der Waals surface area (Å²) in [5, 5.41) is 0. The molecule has 0 amide bonds. The number of benzene rings is 1. The Morgan fingerprint density at radius 3 is 2.75 bits per heavy atom. The Balaban J connectivity index is 2.06. The molecule has 1 aliphatic rings. The molecule has 6 heteroatoms. The molecule has 0 saturated heterocycles. The Hall–Kier alpha value is -2.24. The smallest absolute Gasteiger partial charge is 0.387 e. The SMILES string of the molecule is O=c1cc(C2CC2)nc(-c2ccccc2OC(F)F)[nH]1. The lowest BCUT2D eigenvalue weighted by molar-refractivity contribution is -0.0494. The molecule has 20 heavy (non-hydrogen) atoms. The van der Waals surface area contributed by atoms with Gasteiger partial charge in [-0.2, -0.15) is 8.78 Å². The van der Waals surface area contributed by atoms with Crippen LogP contribution in [0.15, 0.2) is 35.1 Å². The van der Waals surface area contributed by atoms with Gasteiger partial charge in [-0.3, -0.25) is 4.79 Å². The molecule has 0 bridgehead atoms. The van der Waals surface area contributed by atoms with Crippen molar-refractivity contribution in [1.82, 2.24) is 9.97 Å². The molecule has 1 aromatic heterocycles. The molecule has 0 atom stereocenters. The van der Waals surface area contributed by atoms with Crippen LogP contribution >= 0.6 is 0 Å². The normalized spacial score (nSPS) is 14.6. The Bertz CT molecular complexity index is 681. The number of para-hydroxylation sites is 1. The third-order valence-corrected chi connectivity index (χ3v) is 3.12. The summed E-state index contributed by atoms with van der Waals surface area (Å²) in [5.74, 6) is 0.563. The van der Waals surface area contributed by atoms with E-state index in [0.29, 0.717) is 17.2 Å². The van der Waals surface area contributed by atoms with Gasteiger partial charge in [0, 0.05) is 12.0 Å². The Kier molecular flexibility index (Phi) is 3.22. The van der Waals surface area contributed by atoms with Crippen LogP contribution in [-0.2, 0) is 0 Å². The second-order valence-corrected chi connectivity index (χ2v) is 4.67. The topological polar surface area (TPSA) is 55.0 Å². The number of H-pyrrole nitrogens is 1. The monoisotopic (exact) mass is 278 g/mol. The molecule has 3 rings (SSSR count). The molecule has 1 N–H and O–H groups in total. The van der Waals surface area contributed by atoms with Crippen molar-refractivity contribution in [2.45, 2.75) is 25.4 Å². The summed E-state index contributed by atoms with van der Waals surface area (Å²) in [6, 6.07) is 7.73. The van der Waals surface area contributed by atoms with Crippen molar-refractivity contribution in [1.29, 1.82) is 0 Å². The van der Waals surface area contributed by atoms with E-state index in [-0.39, 0.29) is 17.1 Å². The van der Waals surface area contributed by atoms with E-state index in [9.17, 15) is 13.6 Å². The summed E-state index contributed by atoms with van der Waals surface area (Å²) in [4.78, 5) is 18.6. The molecule has 1 aromatic carbocycles. The Morgan fingerprint density at radius 2 is 2.05 bits per heavy atom. The first kappa shape index (κ1) is 12.8. The Labute approximate surface area is 113 Å². The molecule has 1 saturated carbocycles. The van der Waals surface area contributed by atoms with Crippen LogP contribution in [0, 0.1) is 0 Å². The summed E-state index contributed by atoms with van der Waals surface area (Å²) in [5.41, 5.74) is 0.770. The molecule has 1 aliphatic carbocycles. The molecule has 2 aromatic rings. The third kappa shape index (κ3) is 2.68. The first-order valence-electron chi connectivity index (χ1n) is 6.29. The molecule has 1 heterocycles. The minimum absolute atomic E-state index is 0.00130. The minimum atomic E-state index is -2.92. The predicted molar refractivity (Wildman–Crippen MR) is 68.9 cm³/mol. The lowest BCUT2D eigenvalue weighted by Gasteiger charge is -2.10. The van der Waals surface area contributed by atoms with Gasteiger partial charge < -0.3 is 9.72 Å². The highest BCUT2D eigenvalue weighted by atomic mass is 19.3. The fourth-order valence-corrected chi connectivity index (χ4v) is 2.05. The fraction of sp³-hybridized carbons (Fsp3) is 0.286. The highest BCUT2D eigenvalue weighted by Crippen LogP contribution is 2.39. The molecule has 4 nitrogen and oxygen atoms in total. The summed E-state index contributed by atoms with van der Waals surface area (Å²) >= 11 is 0. The van der Waals surface area contributed by atoms with E-state index >= 15 is 0 Å². The van der Waals surface area contributed by atoms with E-state index in [1.165, 1.54) is 12.1 Å². The van der Waals surface area contributed by atoms with Gasteiger partial charge in [-0.25, -0.2) is 4.98 Å². The number of alkyl halides is 2. The number of hydrogen-bond donors (Lipinski definition) is 1. The van der Waals surface area contributed by atoms with Gasteiger partial charge in [0.2, 0.25) is 0 Å². The average Bonchev–Trinajstić information content (AvgIpc) is 3.22. The van der Waals surface area contributed by atoms with Crippen molar-refractivity contribution in [3.05, 3.63) is 46.4 Å². The van der Waals surface area contributed by atoms with E-state index < -0.39 is 6.61 Å². The summed E-state index contributed by atoms with van der Waals surface area (Å²) in [7, 11) is 0. The number of rotatable bonds is 4. The van der Waals surface area contributed by atoms with E-state index in [2.05, 4.69) is 14.7 Å². The minimum Gasteiger partial charge on any atom is -0.434 e. The number of ether oxygens (including phenoxy) is 1. The van der Waals surface area contributed by atoms with Crippen molar-refractivity contribution in [3.8, 4) is 17.1 Å².